The van der Waals surface area contributed by atoms with Crippen molar-refractivity contribution in [1.82, 2.24) is 0 Å². The van der Waals surface area contributed by atoms with Crippen LogP contribution in [-0.2, 0) is 19.1 Å². The van der Waals surface area contributed by atoms with Crippen LogP contribution in [0, 0.1) is 5.41 Å². The second-order valence-electron chi connectivity index (χ2n) is 3.53. The van der Waals surface area contributed by atoms with Crippen LogP contribution in [0.15, 0.2) is 12.7 Å². The maximum absolute atomic E-state index is 11.5. The molecule has 0 spiro atoms. The lowest BCUT2D eigenvalue weighted by molar-refractivity contribution is -0.159. The van der Waals surface area contributed by atoms with Gasteiger partial charge in [0.15, 0.2) is 0 Å². The molecule has 0 aliphatic rings. The van der Waals surface area contributed by atoms with Gasteiger partial charge in [-0.3, -0.25) is 9.59 Å². The number of esters is 2. The highest BCUT2D eigenvalue weighted by atomic mass is 16.5. The van der Waals surface area contributed by atoms with Crippen molar-refractivity contribution in [1.29, 1.82) is 0 Å². The largest absolute Gasteiger partial charge is 0.469 e. The van der Waals surface area contributed by atoms with Crippen LogP contribution in [0.2, 0.25) is 0 Å². The van der Waals surface area contributed by atoms with Crippen molar-refractivity contribution in [2.45, 2.75) is 26.7 Å². The van der Waals surface area contributed by atoms with E-state index < -0.39 is 17.4 Å². The normalized spacial score (nSPS) is 13.8. The molecule has 0 saturated heterocycles. The molecule has 0 bridgehead atoms. The first kappa shape index (κ1) is 13.7. The van der Waals surface area contributed by atoms with Crippen molar-refractivity contribution >= 4 is 11.9 Å². The molecule has 1 atom stereocenters. The van der Waals surface area contributed by atoms with E-state index in [0.29, 0.717) is 13.0 Å². The van der Waals surface area contributed by atoms with Gasteiger partial charge < -0.3 is 9.47 Å². The van der Waals surface area contributed by atoms with Crippen LogP contribution in [0.5, 0.6) is 0 Å². The monoisotopic (exact) mass is 214 g/mol. The van der Waals surface area contributed by atoms with Gasteiger partial charge >= 0.3 is 11.9 Å². The van der Waals surface area contributed by atoms with E-state index in [1.54, 1.807) is 19.9 Å². The Morgan fingerprint density at radius 3 is 2.47 bits per heavy atom. The first-order valence-corrected chi connectivity index (χ1v) is 4.85. The molecule has 0 rings (SSSR count). The number of carbonyl (C=O) groups is 2. The Bertz CT molecular complexity index is 247. The molecule has 0 aliphatic heterocycles. The average molecular weight is 214 g/mol. The van der Waals surface area contributed by atoms with Crippen LogP contribution in [0.3, 0.4) is 0 Å². The van der Waals surface area contributed by atoms with Crippen molar-refractivity contribution in [3.63, 3.8) is 0 Å². The van der Waals surface area contributed by atoms with Gasteiger partial charge in [-0.2, -0.15) is 0 Å². The maximum atomic E-state index is 11.5. The standard InChI is InChI=1S/C11H18O4/c1-5-7-11(3,10(13)14-4)8-9(12)15-6-2/h5H,1,6-8H2,2-4H3. The van der Waals surface area contributed by atoms with E-state index in [1.165, 1.54) is 7.11 Å². The van der Waals surface area contributed by atoms with Crippen LogP contribution in [-0.4, -0.2) is 25.7 Å². The molecule has 0 aromatic carbocycles. The second kappa shape index (κ2) is 6.22. The van der Waals surface area contributed by atoms with E-state index in [-0.39, 0.29) is 6.42 Å². The quantitative estimate of drug-likeness (QED) is 0.498. The van der Waals surface area contributed by atoms with Crippen LogP contribution in [0.1, 0.15) is 26.7 Å². The van der Waals surface area contributed by atoms with Crippen molar-refractivity contribution in [2.24, 2.45) is 5.41 Å². The van der Waals surface area contributed by atoms with Crippen LogP contribution in [0.25, 0.3) is 0 Å². The molecular formula is C11H18O4. The number of rotatable bonds is 6. The topological polar surface area (TPSA) is 52.6 Å². The predicted octanol–water partition coefficient (Wildman–Crippen LogP) is 1.70. The van der Waals surface area contributed by atoms with Gasteiger partial charge in [0.25, 0.3) is 0 Å². The molecule has 0 heterocycles. The third-order valence-electron chi connectivity index (χ3n) is 2.11. The van der Waals surface area contributed by atoms with Gasteiger partial charge in [-0.05, 0) is 20.3 Å². The summed E-state index contributed by atoms with van der Waals surface area (Å²) in [6, 6.07) is 0. The van der Waals surface area contributed by atoms with Crippen LogP contribution < -0.4 is 0 Å². The first-order chi connectivity index (χ1) is 7.00. The lowest BCUT2D eigenvalue weighted by Gasteiger charge is -2.23. The fraction of sp³-hybridized carbons (Fsp3) is 0.636. The SMILES string of the molecule is C=CCC(C)(CC(=O)OCC)C(=O)OC. The molecule has 15 heavy (non-hydrogen) atoms. The summed E-state index contributed by atoms with van der Waals surface area (Å²) in [5.74, 6) is -0.817. The number of methoxy groups -OCH3 is 1. The Hall–Kier alpha value is -1.32. The van der Waals surface area contributed by atoms with Crippen molar-refractivity contribution in [2.75, 3.05) is 13.7 Å². The summed E-state index contributed by atoms with van der Waals surface area (Å²) in [7, 11) is 1.30. The zero-order chi connectivity index (χ0) is 11.9. The smallest absolute Gasteiger partial charge is 0.312 e. The number of ether oxygens (including phenoxy) is 2. The molecule has 0 fully saturated rings. The van der Waals surface area contributed by atoms with E-state index in [0.717, 1.165) is 0 Å². The minimum Gasteiger partial charge on any atom is -0.469 e. The predicted molar refractivity (Wildman–Crippen MR) is 56.2 cm³/mol. The van der Waals surface area contributed by atoms with Gasteiger partial charge in [0.1, 0.15) is 0 Å². The third kappa shape index (κ3) is 4.14. The number of allylic oxidation sites excluding steroid dienone is 1. The molecule has 0 aromatic heterocycles. The summed E-state index contributed by atoms with van der Waals surface area (Å²) >= 11 is 0. The van der Waals surface area contributed by atoms with E-state index in [2.05, 4.69) is 11.3 Å². The number of carbonyl (C=O) groups excluding carboxylic acids is 2. The van der Waals surface area contributed by atoms with Crippen molar-refractivity contribution < 1.29 is 19.1 Å². The number of hydrogen-bond donors (Lipinski definition) is 0. The molecule has 4 heteroatoms. The molecule has 86 valence electrons. The Morgan fingerprint density at radius 1 is 1.47 bits per heavy atom. The summed E-state index contributed by atoms with van der Waals surface area (Å²) in [5, 5.41) is 0. The van der Waals surface area contributed by atoms with Crippen LogP contribution in [0.4, 0.5) is 0 Å². The number of hydrogen-bond acceptors (Lipinski definition) is 4. The van der Waals surface area contributed by atoms with Gasteiger partial charge in [0.05, 0.1) is 25.6 Å². The molecule has 4 nitrogen and oxygen atoms in total. The second-order valence-corrected chi connectivity index (χ2v) is 3.53. The van der Waals surface area contributed by atoms with Crippen molar-refractivity contribution in [3.8, 4) is 0 Å². The van der Waals surface area contributed by atoms with Gasteiger partial charge in [0.2, 0.25) is 0 Å². The summed E-state index contributed by atoms with van der Waals surface area (Å²) < 4.78 is 9.45. The fourth-order valence-corrected chi connectivity index (χ4v) is 1.32. The lowest BCUT2D eigenvalue weighted by atomic mass is 9.83. The molecular weight excluding hydrogens is 196 g/mol. The molecule has 0 radical (unpaired) electrons. The Balaban J connectivity index is 4.57. The third-order valence-corrected chi connectivity index (χ3v) is 2.11. The molecule has 0 aromatic rings. The summed E-state index contributed by atoms with van der Waals surface area (Å²) in [4.78, 5) is 22.8. The lowest BCUT2D eigenvalue weighted by Crippen LogP contribution is -2.32. The first-order valence-electron chi connectivity index (χ1n) is 4.85. The summed E-state index contributed by atoms with van der Waals surface area (Å²) in [6.07, 6.45) is 1.99. The Kier molecular flexibility index (Phi) is 5.67. The fourth-order valence-electron chi connectivity index (χ4n) is 1.32. The zero-order valence-corrected chi connectivity index (χ0v) is 9.54. The van der Waals surface area contributed by atoms with Gasteiger partial charge in [-0.15, -0.1) is 6.58 Å². The Morgan fingerprint density at radius 2 is 2.07 bits per heavy atom. The van der Waals surface area contributed by atoms with E-state index >= 15 is 0 Å². The minimum absolute atomic E-state index is 0.0134. The van der Waals surface area contributed by atoms with Gasteiger partial charge in [-0.25, -0.2) is 0 Å². The van der Waals surface area contributed by atoms with E-state index in [4.69, 9.17) is 4.74 Å². The zero-order valence-electron chi connectivity index (χ0n) is 9.54. The van der Waals surface area contributed by atoms with E-state index in [1.807, 2.05) is 0 Å². The highest BCUT2D eigenvalue weighted by Crippen LogP contribution is 2.28. The molecule has 0 aliphatic carbocycles. The maximum Gasteiger partial charge on any atom is 0.312 e. The summed E-state index contributed by atoms with van der Waals surface area (Å²) in [6.45, 7) is 7.25. The van der Waals surface area contributed by atoms with Crippen LogP contribution >= 0.6 is 0 Å². The van der Waals surface area contributed by atoms with Gasteiger partial charge in [-0.1, -0.05) is 6.08 Å². The molecule has 0 N–H and O–H groups in total. The van der Waals surface area contributed by atoms with Gasteiger partial charge in [0, 0.05) is 0 Å². The average Bonchev–Trinajstić information content (AvgIpc) is 2.17. The highest BCUT2D eigenvalue weighted by molar-refractivity contribution is 5.83. The molecule has 0 amide bonds. The minimum atomic E-state index is -0.872. The molecule has 1 unspecified atom stereocenters. The highest BCUT2D eigenvalue weighted by Gasteiger charge is 2.36. The Labute approximate surface area is 90.2 Å². The van der Waals surface area contributed by atoms with E-state index in [9.17, 15) is 9.59 Å². The molecule has 0 saturated carbocycles. The summed E-state index contributed by atoms with van der Waals surface area (Å²) in [5.41, 5.74) is -0.872. The van der Waals surface area contributed by atoms with Crippen molar-refractivity contribution in [3.05, 3.63) is 12.7 Å².